The van der Waals surface area contributed by atoms with Crippen LogP contribution in [0.2, 0.25) is 0 Å². The molecular weight excluding hydrogens is 627 g/mol. The van der Waals surface area contributed by atoms with E-state index in [9.17, 15) is 33.5 Å². The van der Waals surface area contributed by atoms with Crippen LogP contribution in [-0.4, -0.2) is 70.8 Å². The van der Waals surface area contributed by atoms with Gasteiger partial charge in [-0.25, -0.2) is 14.2 Å². The molecule has 0 bridgehead atoms. The van der Waals surface area contributed by atoms with E-state index in [1.807, 2.05) is 0 Å². The van der Waals surface area contributed by atoms with E-state index in [2.05, 4.69) is 16.0 Å². The molecule has 6 N–H and O–H groups in total. The summed E-state index contributed by atoms with van der Waals surface area (Å²) in [5.41, 5.74) is 6.88. The molecule has 0 spiro atoms. The Morgan fingerprint density at radius 2 is 1.94 bits per heavy atom. The summed E-state index contributed by atoms with van der Waals surface area (Å²) < 4.78 is 27.0. The van der Waals surface area contributed by atoms with Crippen LogP contribution < -0.4 is 27.2 Å². The maximum Gasteiger partial charge on any atom is 0.343 e. The number of nitrogens with one attached hydrogen (secondary N) is 3. The van der Waals surface area contributed by atoms with E-state index in [-0.39, 0.29) is 56.1 Å². The zero-order valence-electron chi connectivity index (χ0n) is 27.0. The second kappa shape index (κ2) is 14.2. The number of carbonyl (C=O) groups is 4. The number of ether oxygens (including phenoxy) is 2. The van der Waals surface area contributed by atoms with E-state index in [4.69, 9.17) is 20.2 Å². The molecule has 0 unspecified atom stereocenters. The van der Waals surface area contributed by atoms with Crippen LogP contribution in [0.5, 0.6) is 0 Å². The molecule has 14 nitrogen and oxygen atoms in total. The highest BCUT2D eigenvalue weighted by atomic mass is 19.1. The minimum Gasteiger partial charge on any atom is -0.458 e. The van der Waals surface area contributed by atoms with Crippen LogP contribution in [-0.2, 0) is 53.8 Å². The van der Waals surface area contributed by atoms with Gasteiger partial charge in [-0.3, -0.25) is 19.2 Å². The molecule has 3 amide bonds. The monoisotopic (exact) mass is 666 g/mol. The number of nitrogens with two attached hydrogens (primary N) is 1. The quantitative estimate of drug-likeness (QED) is 0.0760. The number of benzene rings is 1. The lowest BCUT2D eigenvalue weighted by molar-refractivity contribution is -0.172. The smallest absolute Gasteiger partial charge is 0.343 e. The first-order chi connectivity index (χ1) is 22.9. The van der Waals surface area contributed by atoms with Gasteiger partial charge in [0.05, 0.1) is 42.1 Å². The second-order valence-corrected chi connectivity index (χ2v) is 12.0. The third-order valence-corrected chi connectivity index (χ3v) is 8.80. The molecule has 0 saturated carbocycles. The number of rotatable bonds is 13. The minimum atomic E-state index is -1.95. The Morgan fingerprint density at radius 1 is 1.17 bits per heavy atom. The van der Waals surface area contributed by atoms with Gasteiger partial charge in [-0.15, -0.1) is 0 Å². The predicted molar refractivity (Wildman–Crippen MR) is 171 cm³/mol. The molecule has 0 radical (unpaired) electrons. The standard InChI is InChI=1S/C33H39FN6O8/c1-4-33(46)23-10-26-29-21(14-40(26)31(44)22(23)15-48-32(33)45)19(20-9-17(2)24(34)11-25(20)39-29)7-5-6-8-47-16-37-28(42)13-36-30(43)18(3)38-27(41)12-35/h9-11,18,46H,4-8,12-16,35H2,1-3H3,(H,36,43)(H,37,42)(H,38,41)/t18-,33-/m0/s1. The van der Waals surface area contributed by atoms with E-state index >= 15 is 0 Å². The lowest BCUT2D eigenvalue weighted by Gasteiger charge is -2.31. The molecule has 1 aromatic carbocycles. The lowest BCUT2D eigenvalue weighted by Crippen LogP contribution is -2.48. The van der Waals surface area contributed by atoms with E-state index in [1.54, 1.807) is 30.5 Å². The third-order valence-electron chi connectivity index (χ3n) is 8.80. The molecule has 2 atom stereocenters. The molecule has 0 aliphatic carbocycles. The number of amides is 3. The number of aromatic nitrogens is 2. The predicted octanol–water partition coefficient (Wildman–Crippen LogP) is 0.520. The van der Waals surface area contributed by atoms with Crippen molar-refractivity contribution in [2.75, 3.05) is 26.4 Å². The fourth-order valence-corrected chi connectivity index (χ4v) is 6.04. The van der Waals surface area contributed by atoms with Crippen LogP contribution in [0.1, 0.15) is 60.9 Å². The van der Waals surface area contributed by atoms with Gasteiger partial charge >= 0.3 is 5.97 Å². The number of hydrogen-bond donors (Lipinski definition) is 5. The first-order valence-corrected chi connectivity index (χ1v) is 15.8. The lowest BCUT2D eigenvalue weighted by atomic mass is 9.86. The van der Waals surface area contributed by atoms with E-state index in [0.717, 1.165) is 16.5 Å². The molecule has 256 valence electrons. The highest BCUT2D eigenvalue weighted by Crippen LogP contribution is 2.40. The summed E-state index contributed by atoms with van der Waals surface area (Å²) in [5, 5.41) is 19.3. The van der Waals surface area contributed by atoms with Gasteiger partial charge in [0.1, 0.15) is 25.2 Å². The van der Waals surface area contributed by atoms with Crippen molar-refractivity contribution in [2.45, 2.75) is 71.2 Å². The number of unbranched alkanes of at least 4 members (excludes halogenated alkanes) is 1. The van der Waals surface area contributed by atoms with Crippen molar-refractivity contribution in [3.63, 3.8) is 0 Å². The largest absolute Gasteiger partial charge is 0.458 e. The summed E-state index contributed by atoms with van der Waals surface area (Å²) >= 11 is 0. The average molecular weight is 667 g/mol. The number of carbonyl (C=O) groups excluding carboxylic acids is 4. The minimum absolute atomic E-state index is 0.0214. The van der Waals surface area contributed by atoms with Gasteiger partial charge in [0.15, 0.2) is 5.60 Å². The number of pyridine rings is 2. The van der Waals surface area contributed by atoms with Gasteiger partial charge in [0, 0.05) is 29.2 Å². The van der Waals surface area contributed by atoms with Crippen LogP contribution >= 0.6 is 0 Å². The first kappa shape index (κ1) is 34.6. The number of esters is 1. The molecule has 3 aromatic rings. The number of aryl methyl sites for hydroxylation is 2. The molecule has 48 heavy (non-hydrogen) atoms. The van der Waals surface area contributed by atoms with Gasteiger partial charge in [0.2, 0.25) is 17.7 Å². The van der Waals surface area contributed by atoms with E-state index < -0.39 is 41.2 Å². The maximum absolute atomic E-state index is 14.7. The van der Waals surface area contributed by atoms with Crippen LogP contribution in [0.15, 0.2) is 23.0 Å². The van der Waals surface area contributed by atoms with Crippen LogP contribution in [0.4, 0.5) is 4.39 Å². The van der Waals surface area contributed by atoms with Gasteiger partial charge < -0.3 is 40.8 Å². The van der Waals surface area contributed by atoms with Crippen molar-refractivity contribution in [3.05, 3.63) is 62.2 Å². The Labute approximate surface area is 275 Å². The molecule has 2 aliphatic heterocycles. The average Bonchev–Trinajstić information content (AvgIpc) is 3.43. The molecular formula is C33H39FN6O8. The molecule has 2 aliphatic rings. The van der Waals surface area contributed by atoms with Gasteiger partial charge in [0.25, 0.3) is 5.56 Å². The number of cyclic esters (lactones) is 1. The maximum atomic E-state index is 14.7. The molecule has 2 aromatic heterocycles. The first-order valence-electron chi connectivity index (χ1n) is 15.8. The van der Waals surface area contributed by atoms with Crippen LogP contribution in [0, 0.1) is 12.7 Å². The Kier molecular flexibility index (Phi) is 10.2. The van der Waals surface area contributed by atoms with Crippen LogP contribution in [0.25, 0.3) is 22.3 Å². The van der Waals surface area contributed by atoms with Crippen molar-refractivity contribution < 1.29 is 38.1 Å². The topological polar surface area (TPSA) is 204 Å². The number of fused-ring (bicyclic) bond motifs is 5. The van der Waals surface area contributed by atoms with Crippen molar-refractivity contribution in [1.29, 1.82) is 0 Å². The van der Waals surface area contributed by atoms with Crippen molar-refractivity contribution >= 4 is 34.6 Å². The fraction of sp³-hybridized carbons (Fsp3) is 0.455. The van der Waals surface area contributed by atoms with Crippen molar-refractivity contribution in [1.82, 2.24) is 25.5 Å². The summed E-state index contributed by atoms with van der Waals surface area (Å²) in [6, 6.07) is 3.92. The van der Waals surface area contributed by atoms with Gasteiger partial charge in [-0.1, -0.05) is 6.92 Å². The summed E-state index contributed by atoms with van der Waals surface area (Å²) in [7, 11) is 0. The summed E-state index contributed by atoms with van der Waals surface area (Å²) in [6.45, 7) is 4.49. The van der Waals surface area contributed by atoms with Crippen molar-refractivity contribution in [2.24, 2.45) is 5.73 Å². The molecule has 0 saturated heterocycles. The molecule has 5 rings (SSSR count). The highest BCUT2D eigenvalue weighted by Gasteiger charge is 2.45. The second-order valence-electron chi connectivity index (χ2n) is 12.0. The van der Waals surface area contributed by atoms with Gasteiger partial charge in [-0.05, 0) is 62.8 Å². The van der Waals surface area contributed by atoms with Crippen molar-refractivity contribution in [3.8, 4) is 11.4 Å². The number of aliphatic hydroxyl groups is 1. The van der Waals surface area contributed by atoms with Gasteiger partial charge in [-0.2, -0.15) is 0 Å². The molecule has 0 fully saturated rings. The SMILES string of the molecule is CC[C@@]1(O)C(=O)OCc2c1cc1n(c2=O)Cc2c-1nc1cc(F)c(C)cc1c2CCCCOCNC(=O)CNC(=O)[C@H](C)NC(=O)CN. The highest BCUT2D eigenvalue weighted by molar-refractivity contribution is 5.91. The number of halogens is 1. The summed E-state index contributed by atoms with van der Waals surface area (Å²) in [4.78, 5) is 66.3. The van der Waals surface area contributed by atoms with E-state index in [0.29, 0.717) is 48.3 Å². The molecule has 15 heteroatoms. The third kappa shape index (κ3) is 6.66. The summed E-state index contributed by atoms with van der Waals surface area (Å²) in [5.74, 6) is -2.70. The normalized spacial score (nSPS) is 16.8. The van der Waals surface area contributed by atoms with E-state index in [1.165, 1.54) is 13.0 Å². The number of nitrogens with zero attached hydrogens (tertiary/aromatic N) is 2. The number of hydrogen-bond acceptors (Lipinski definition) is 10. The Hall–Kier alpha value is -4.73. The zero-order valence-corrected chi connectivity index (χ0v) is 27.0. The van der Waals surface area contributed by atoms with Crippen LogP contribution in [0.3, 0.4) is 0 Å². The summed E-state index contributed by atoms with van der Waals surface area (Å²) in [6.07, 6.45) is 1.87. The zero-order chi connectivity index (χ0) is 34.7. The molecule has 4 heterocycles. The Balaban J connectivity index is 1.25. The fourth-order valence-electron chi connectivity index (χ4n) is 6.04. The Bertz CT molecular complexity index is 1860. The Morgan fingerprint density at radius 3 is 2.67 bits per heavy atom.